The number of sulfonamides is 1. The molecule has 0 spiro atoms. The highest BCUT2D eigenvalue weighted by Crippen LogP contribution is 2.33. The molecule has 1 aromatic carbocycles. The molecule has 1 amide bonds. The van der Waals surface area contributed by atoms with E-state index >= 15 is 0 Å². The lowest BCUT2D eigenvalue weighted by atomic mass is 10.2. The largest absolute Gasteiger partial charge is 0.307 e. The van der Waals surface area contributed by atoms with E-state index in [0.717, 1.165) is 15.0 Å². The van der Waals surface area contributed by atoms with Crippen molar-refractivity contribution >= 4 is 48.9 Å². The summed E-state index contributed by atoms with van der Waals surface area (Å²) in [5, 5.41) is 0. The Balaban J connectivity index is 1.92. The van der Waals surface area contributed by atoms with Crippen LogP contribution in [0.1, 0.15) is 29.1 Å². The molecule has 0 unspecified atom stereocenters. The first kappa shape index (κ1) is 18.6. The van der Waals surface area contributed by atoms with Crippen molar-refractivity contribution in [2.75, 3.05) is 24.5 Å². The van der Waals surface area contributed by atoms with Crippen molar-refractivity contribution in [3.8, 4) is 0 Å². The average molecular weight is 443 g/mol. The monoisotopic (exact) mass is 442 g/mol. The number of hydrogen-bond acceptors (Lipinski definition) is 4. The van der Waals surface area contributed by atoms with Gasteiger partial charge in [-0.25, -0.2) is 8.42 Å². The highest BCUT2D eigenvalue weighted by molar-refractivity contribution is 9.11. The second kappa shape index (κ2) is 7.19. The number of rotatable bonds is 5. The van der Waals surface area contributed by atoms with Crippen LogP contribution < -0.4 is 4.90 Å². The van der Waals surface area contributed by atoms with E-state index in [-0.39, 0.29) is 5.91 Å². The summed E-state index contributed by atoms with van der Waals surface area (Å²) in [5.74, 6) is -0.0474. The molecule has 1 aromatic heterocycles. The van der Waals surface area contributed by atoms with Gasteiger partial charge in [0.05, 0.1) is 13.6 Å². The maximum Gasteiger partial charge on any atom is 0.268 e. The summed E-state index contributed by atoms with van der Waals surface area (Å²) >= 11 is 4.77. The maximum absolute atomic E-state index is 12.7. The molecule has 25 heavy (non-hydrogen) atoms. The Bertz CT molecular complexity index is 904. The Morgan fingerprint density at radius 3 is 2.56 bits per heavy atom. The molecule has 1 aliphatic heterocycles. The van der Waals surface area contributed by atoms with E-state index in [0.29, 0.717) is 35.8 Å². The van der Waals surface area contributed by atoms with Crippen LogP contribution in [-0.4, -0.2) is 38.3 Å². The van der Waals surface area contributed by atoms with Gasteiger partial charge in [-0.2, -0.15) is 4.31 Å². The Kier molecular flexibility index (Phi) is 5.34. The summed E-state index contributed by atoms with van der Waals surface area (Å²) in [4.78, 5) is 15.4. The number of fused-ring (bicyclic) bond motifs is 1. The van der Waals surface area contributed by atoms with Crippen LogP contribution in [0.2, 0.25) is 0 Å². The molecule has 134 valence electrons. The molecule has 0 saturated carbocycles. The molecule has 2 aromatic rings. The minimum Gasteiger partial charge on any atom is -0.307 e. The molecule has 0 aliphatic carbocycles. The smallest absolute Gasteiger partial charge is 0.268 e. The summed E-state index contributed by atoms with van der Waals surface area (Å²) in [7, 11) is -3.48. The van der Waals surface area contributed by atoms with E-state index in [9.17, 15) is 13.2 Å². The number of benzene rings is 1. The van der Waals surface area contributed by atoms with Crippen LogP contribution in [-0.2, 0) is 16.4 Å². The molecule has 5 nitrogen and oxygen atoms in total. The minimum atomic E-state index is -3.48. The van der Waals surface area contributed by atoms with Gasteiger partial charge in [0.25, 0.3) is 5.91 Å². The zero-order chi connectivity index (χ0) is 18.2. The van der Waals surface area contributed by atoms with E-state index in [1.165, 1.54) is 15.6 Å². The molecule has 0 saturated heterocycles. The molecule has 0 radical (unpaired) electrons. The molecule has 0 bridgehead atoms. The molecular weight excluding hydrogens is 424 g/mol. The Labute approximate surface area is 160 Å². The van der Waals surface area contributed by atoms with Crippen molar-refractivity contribution < 1.29 is 13.2 Å². The molecule has 8 heteroatoms. The van der Waals surface area contributed by atoms with Crippen molar-refractivity contribution in [1.82, 2.24) is 4.31 Å². The first-order chi connectivity index (χ1) is 11.9. The lowest BCUT2D eigenvalue weighted by Gasteiger charge is -2.20. The van der Waals surface area contributed by atoms with Crippen LogP contribution in [0.4, 0.5) is 5.69 Å². The van der Waals surface area contributed by atoms with Crippen molar-refractivity contribution in [3.63, 3.8) is 0 Å². The molecule has 0 fully saturated rings. The second-order valence-electron chi connectivity index (χ2n) is 5.69. The third-order valence-corrected chi connectivity index (χ3v) is 7.98. The third kappa shape index (κ3) is 3.40. The highest BCUT2D eigenvalue weighted by Gasteiger charge is 2.29. The van der Waals surface area contributed by atoms with Gasteiger partial charge < -0.3 is 4.90 Å². The molecule has 2 heterocycles. The predicted octanol–water partition coefficient (Wildman–Crippen LogP) is 3.74. The maximum atomic E-state index is 12.7. The summed E-state index contributed by atoms with van der Waals surface area (Å²) in [6, 6.07) is 8.71. The summed E-state index contributed by atoms with van der Waals surface area (Å²) < 4.78 is 27.7. The Morgan fingerprint density at radius 1 is 1.24 bits per heavy atom. The number of nitrogens with zero attached hydrogens (tertiary/aromatic N) is 2. The van der Waals surface area contributed by atoms with Gasteiger partial charge in [-0.1, -0.05) is 13.8 Å². The van der Waals surface area contributed by atoms with Gasteiger partial charge in [-0.3, -0.25) is 4.79 Å². The Hall–Kier alpha value is -1.22. The van der Waals surface area contributed by atoms with E-state index in [1.807, 2.05) is 19.9 Å². The summed E-state index contributed by atoms with van der Waals surface area (Å²) in [6.45, 7) is 5.10. The summed E-state index contributed by atoms with van der Waals surface area (Å²) in [6.07, 6.45) is 0.662. The second-order valence-corrected chi connectivity index (χ2v) is 10.1. The van der Waals surface area contributed by atoms with E-state index in [2.05, 4.69) is 15.9 Å². The molecule has 0 atom stereocenters. The van der Waals surface area contributed by atoms with Crippen molar-refractivity contribution in [2.24, 2.45) is 0 Å². The number of carbonyl (C=O) groups excluding carboxylic acids is 1. The SMILES string of the molecule is CCN(CC)S(=O)(=O)c1ccc2c(c1)CCN2C(=O)c1ccc(Br)s1. The standard InChI is InChI=1S/C17H19BrN2O3S2/c1-3-19(4-2)25(22,23)13-5-6-14-12(11-13)9-10-20(14)17(21)15-7-8-16(18)24-15/h5-8,11H,3-4,9-10H2,1-2H3. The number of carbonyl (C=O) groups is 1. The number of amides is 1. The topological polar surface area (TPSA) is 57.7 Å². The first-order valence-electron chi connectivity index (χ1n) is 8.08. The van der Waals surface area contributed by atoms with Crippen LogP contribution in [0.3, 0.4) is 0 Å². The minimum absolute atomic E-state index is 0.0474. The first-order valence-corrected chi connectivity index (χ1v) is 11.1. The van der Waals surface area contributed by atoms with Gasteiger partial charge in [0.2, 0.25) is 10.0 Å². The number of hydrogen-bond donors (Lipinski definition) is 0. The van der Waals surface area contributed by atoms with Crippen LogP contribution in [0.5, 0.6) is 0 Å². The van der Waals surface area contributed by atoms with Crippen LogP contribution in [0, 0.1) is 0 Å². The van der Waals surface area contributed by atoms with Gasteiger partial charge in [-0.05, 0) is 58.2 Å². The fraction of sp³-hybridized carbons (Fsp3) is 0.353. The lowest BCUT2D eigenvalue weighted by Crippen LogP contribution is -2.30. The van der Waals surface area contributed by atoms with Gasteiger partial charge in [0, 0.05) is 25.3 Å². The highest BCUT2D eigenvalue weighted by atomic mass is 79.9. The third-order valence-electron chi connectivity index (χ3n) is 4.32. The van der Waals surface area contributed by atoms with E-state index < -0.39 is 10.0 Å². The molecular formula is C17H19BrN2O3S2. The number of halogens is 1. The molecule has 3 rings (SSSR count). The van der Waals surface area contributed by atoms with E-state index in [1.54, 1.807) is 29.2 Å². The zero-order valence-electron chi connectivity index (χ0n) is 14.0. The van der Waals surface area contributed by atoms with Gasteiger partial charge in [-0.15, -0.1) is 11.3 Å². The van der Waals surface area contributed by atoms with E-state index in [4.69, 9.17) is 0 Å². The number of anilines is 1. The zero-order valence-corrected chi connectivity index (χ0v) is 17.2. The van der Waals surface area contributed by atoms with Crippen LogP contribution in [0.25, 0.3) is 0 Å². The predicted molar refractivity (Wildman–Crippen MR) is 104 cm³/mol. The normalized spacial score (nSPS) is 14.2. The van der Waals surface area contributed by atoms with Crippen LogP contribution in [0.15, 0.2) is 39.0 Å². The van der Waals surface area contributed by atoms with Crippen molar-refractivity contribution in [1.29, 1.82) is 0 Å². The quantitative estimate of drug-likeness (QED) is 0.708. The molecule has 0 N–H and O–H groups in total. The Morgan fingerprint density at radius 2 is 1.96 bits per heavy atom. The van der Waals surface area contributed by atoms with Gasteiger partial charge in [0.15, 0.2) is 0 Å². The fourth-order valence-electron chi connectivity index (χ4n) is 3.02. The lowest BCUT2D eigenvalue weighted by molar-refractivity contribution is 0.0993. The van der Waals surface area contributed by atoms with Crippen molar-refractivity contribution in [3.05, 3.63) is 44.6 Å². The van der Waals surface area contributed by atoms with Crippen molar-refractivity contribution in [2.45, 2.75) is 25.2 Å². The number of thiophene rings is 1. The van der Waals surface area contributed by atoms with Gasteiger partial charge in [0.1, 0.15) is 0 Å². The van der Waals surface area contributed by atoms with Crippen LogP contribution >= 0.6 is 27.3 Å². The average Bonchev–Trinajstić information content (AvgIpc) is 3.20. The summed E-state index contributed by atoms with van der Waals surface area (Å²) in [5.41, 5.74) is 1.70. The fourth-order valence-corrected chi connectivity index (χ4v) is 5.87. The molecule has 1 aliphatic rings. The van der Waals surface area contributed by atoms with Gasteiger partial charge >= 0.3 is 0 Å².